The maximum atomic E-state index is 13.5. The summed E-state index contributed by atoms with van der Waals surface area (Å²) in [5.74, 6) is -0.123. The average molecular weight is 1020 g/mol. The maximum absolute atomic E-state index is 13.5. The van der Waals surface area contributed by atoms with E-state index in [9.17, 15) is 9.59 Å². The number of nitrogens with one attached hydrogen (secondary N) is 6. The monoisotopic (exact) mass is 1020 g/mol. The molecular weight excluding hydrogens is 965 g/mol. The second-order valence-electron chi connectivity index (χ2n) is 19.6. The second kappa shape index (κ2) is 20.8. The molecule has 12 heteroatoms. The highest BCUT2D eigenvalue weighted by Crippen LogP contribution is 2.36. The number of carbonyl (C=O) groups excluding carboxylic acids is 2. The van der Waals surface area contributed by atoms with Crippen molar-refractivity contribution >= 4 is 125 Å². The number of amides is 2. The van der Waals surface area contributed by atoms with E-state index in [1.54, 1.807) is 0 Å². The molecule has 78 heavy (non-hydrogen) atoms. The standard InChI is InChI=1S/C66H52N10O2/c77-61(25-11-35-67-65-49-17-1-5-21-53(49)75-54-22-6-2-18-50(54)65)73-43-15-9-13-41(37-43)63-57-31-27-45(69-57)39-47-29-33-59(71-47)64(60-34-30-48(72-60)40-46-28-32-58(63)70-46)42-14-10-16-44(38-42)74-62(78)26-12-36-68-66-51-19-3-7-23-55(51)76-56-24-8-4-20-52(56)66/h1-10,13-24,27-34,37-40,69,72H,11-12,25-26,35-36H2,(H,67,75)(H,68,76)(H,73,77)(H,74,78). The maximum Gasteiger partial charge on any atom is 0.224 e. The summed E-state index contributed by atoms with van der Waals surface area (Å²) in [4.78, 5) is 54.2. The van der Waals surface area contributed by atoms with Crippen molar-refractivity contribution in [2.45, 2.75) is 25.7 Å². The number of hydrogen-bond acceptors (Lipinski definition) is 8. The molecule has 0 spiro atoms. The summed E-state index contributed by atoms with van der Waals surface area (Å²) in [6.07, 6.45) is 10.1. The van der Waals surface area contributed by atoms with Gasteiger partial charge < -0.3 is 31.2 Å². The highest BCUT2D eigenvalue weighted by molar-refractivity contribution is 6.09. The van der Waals surface area contributed by atoms with Crippen LogP contribution in [0.15, 0.2) is 182 Å². The fourth-order valence-corrected chi connectivity index (χ4v) is 10.6. The minimum atomic E-state index is -0.0614. The summed E-state index contributed by atoms with van der Waals surface area (Å²) >= 11 is 0. The zero-order valence-electron chi connectivity index (χ0n) is 42.5. The van der Waals surface area contributed by atoms with E-state index in [4.69, 9.17) is 19.9 Å². The van der Waals surface area contributed by atoms with E-state index < -0.39 is 0 Å². The lowest BCUT2D eigenvalue weighted by Gasteiger charge is -2.13. The van der Waals surface area contributed by atoms with E-state index in [-0.39, 0.29) is 11.8 Å². The van der Waals surface area contributed by atoms with Crippen molar-refractivity contribution in [2.75, 3.05) is 34.4 Å². The van der Waals surface area contributed by atoms with Crippen molar-refractivity contribution in [1.82, 2.24) is 29.9 Å². The number of hydrogen-bond donors (Lipinski definition) is 6. The molecule has 0 radical (unpaired) electrons. The summed E-state index contributed by atoms with van der Waals surface area (Å²) in [5.41, 5.74) is 17.4. The van der Waals surface area contributed by atoms with Crippen molar-refractivity contribution in [3.8, 4) is 22.3 Å². The minimum absolute atomic E-state index is 0.0614. The first-order valence-electron chi connectivity index (χ1n) is 26.4. The van der Waals surface area contributed by atoms with Crippen molar-refractivity contribution < 1.29 is 9.59 Å². The van der Waals surface area contributed by atoms with Crippen LogP contribution in [0.1, 0.15) is 48.5 Å². The molecule has 2 aliphatic heterocycles. The summed E-state index contributed by atoms with van der Waals surface area (Å²) in [6.45, 7) is 1.25. The number of fused-ring (bicyclic) bond motifs is 12. The Hall–Kier alpha value is -10.2. The van der Waals surface area contributed by atoms with Gasteiger partial charge in [0.15, 0.2) is 0 Å². The molecule has 0 atom stereocenters. The fraction of sp³-hybridized carbons (Fsp3) is 0.0909. The van der Waals surface area contributed by atoms with Crippen LogP contribution in [0.3, 0.4) is 0 Å². The molecule has 7 heterocycles. The van der Waals surface area contributed by atoms with Crippen LogP contribution in [0.25, 0.3) is 112 Å². The predicted molar refractivity (Wildman–Crippen MR) is 321 cm³/mol. The van der Waals surface area contributed by atoms with E-state index in [2.05, 4.69) is 67.6 Å². The lowest BCUT2D eigenvalue weighted by Crippen LogP contribution is -2.13. The lowest BCUT2D eigenvalue weighted by atomic mass is 10.0. The second-order valence-corrected chi connectivity index (χ2v) is 19.6. The molecule has 2 amide bonds. The number of pyridine rings is 2. The third-order valence-corrected chi connectivity index (χ3v) is 14.2. The van der Waals surface area contributed by atoms with Crippen LogP contribution in [0.5, 0.6) is 0 Å². The summed E-state index contributed by atoms with van der Waals surface area (Å²) < 4.78 is 0. The van der Waals surface area contributed by atoms with Crippen molar-refractivity contribution in [2.24, 2.45) is 0 Å². The number of para-hydroxylation sites is 4. The Labute approximate surface area is 449 Å². The van der Waals surface area contributed by atoms with Gasteiger partial charge in [0.1, 0.15) is 0 Å². The number of nitrogens with zero attached hydrogens (tertiary/aromatic N) is 4. The van der Waals surface area contributed by atoms with Gasteiger partial charge in [-0.1, -0.05) is 97.1 Å². The minimum Gasteiger partial charge on any atom is -0.384 e. The van der Waals surface area contributed by atoms with Crippen molar-refractivity contribution in [3.05, 3.63) is 205 Å². The molecular formula is C66H52N10O2. The smallest absolute Gasteiger partial charge is 0.224 e. The van der Waals surface area contributed by atoms with Crippen LogP contribution >= 0.6 is 0 Å². The highest BCUT2D eigenvalue weighted by atomic mass is 16.2. The Morgan fingerprint density at radius 1 is 0.397 bits per heavy atom. The number of rotatable bonds is 14. The molecule has 5 aromatic heterocycles. The van der Waals surface area contributed by atoms with E-state index in [0.717, 1.165) is 122 Å². The number of H-pyrrole nitrogens is 2. The molecule has 13 rings (SSSR count). The topological polar surface area (TPSA) is 165 Å². The third-order valence-electron chi connectivity index (χ3n) is 14.2. The number of aromatic amines is 2. The van der Waals surface area contributed by atoms with Gasteiger partial charge in [-0.15, -0.1) is 0 Å². The Morgan fingerprint density at radius 2 is 0.795 bits per heavy atom. The van der Waals surface area contributed by atoms with Crippen LogP contribution in [-0.4, -0.2) is 54.8 Å². The number of carbonyl (C=O) groups is 2. The van der Waals surface area contributed by atoms with Crippen LogP contribution < -0.4 is 21.3 Å². The summed E-state index contributed by atoms with van der Waals surface area (Å²) in [5, 5.41) is 17.8. The zero-order chi connectivity index (χ0) is 52.4. The van der Waals surface area contributed by atoms with Gasteiger partial charge in [-0.25, -0.2) is 19.9 Å². The molecule has 11 aromatic rings. The summed E-state index contributed by atoms with van der Waals surface area (Å²) in [7, 11) is 0. The third kappa shape index (κ3) is 9.81. The van der Waals surface area contributed by atoms with E-state index >= 15 is 0 Å². The van der Waals surface area contributed by atoms with Gasteiger partial charge in [0.25, 0.3) is 0 Å². The molecule has 6 N–H and O–H groups in total. The van der Waals surface area contributed by atoms with E-state index in [1.165, 1.54) is 0 Å². The Kier molecular flexibility index (Phi) is 12.7. The van der Waals surface area contributed by atoms with Gasteiger partial charge >= 0.3 is 0 Å². The van der Waals surface area contributed by atoms with E-state index in [0.29, 0.717) is 50.1 Å². The Morgan fingerprint density at radius 3 is 1.21 bits per heavy atom. The first-order chi connectivity index (χ1) is 38.4. The molecule has 8 bridgehead atoms. The largest absolute Gasteiger partial charge is 0.384 e. The van der Waals surface area contributed by atoms with Crippen LogP contribution in [0.2, 0.25) is 0 Å². The van der Waals surface area contributed by atoms with Crippen LogP contribution in [0, 0.1) is 0 Å². The van der Waals surface area contributed by atoms with Crippen LogP contribution in [-0.2, 0) is 9.59 Å². The average Bonchev–Trinajstić information content (AvgIpc) is 4.33. The van der Waals surface area contributed by atoms with Gasteiger partial charge in [0, 0.05) is 92.0 Å². The lowest BCUT2D eigenvalue weighted by molar-refractivity contribution is -0.117. The Bertz CT molecular complexity index is 4030. The quantitative estimate of drug-likeness (QED) is 0.0463. The molecule has 12 nitrogen and oxygen atoms in total. The van der Waals surface area contributed by atoms with E-state index in [1.807, 2.05) is 170 Å². The molecule has 6 aromatic carbocycles. The van der Waals surface area contributed by atoms with Crippen LogP contribution in [0.4, 0.5) is 22.7 Å². The van der Waals surface area contributed by atoms with Gasteiger partial charge in [-0.3, -0.25) is 9.59 Å². The van der Waals surface area contributed by atoms with Crippen molar-refractivity contribution in [1.29, 1.82) is 0 Å². The molecule has 0 saturated carbocycles. The first kappa shape index (κ1) is 47.5. The first-order valence-corrected chi connectivity index (χ1v) is 26.4. The number of aromatic nitrogens is 6. The number of anilines is 4. The molecule has 0 saturated heterocycles. The highest BCUT2D eigenvalue weighted by Gasteiger charge is 2.17. The molecule has 0 fully saturated rings. The Balaban J connectivity index is 0.734. The number of benzene rings is 6. The SMILES string of the molecule is O=C(CCCNc1c2ccccc2nc2ccccc12)Nc1cccc(-c2c3nc(cc4ccc([nH]4)c(-c4cccc(NC(=O)CCCNc5c6ccccc6nc6ccccc56)c4)c4nc(cc5ccc2[nH]5)C=C4)C=C3)c1. The summed E-state index contributed by atoms with van der Waals surface area (Å²) in [6, 6.07) is 60.7. The van der Waals surface area contributed by atoms with Gasteiger partial charge in [-0.2, -0.15) is 0 Å². The predicted octanol–water partition coefficient (Wildman–Crippen LogP) is 15.1. The molecule has 0 unspecified atom stereocenters. The molecule has 0 aliphatic carbocycles. The van der Waals surface area contributed by atoms with Gasteiger partial charge in [0.2, 0.25) is 11.8 Å². The molecule has 2 aliphatic rings. The van der Waals surface area contributed by atoms with Crippen molar-refractivity contribution in [3.63, 3.8) is 0 Å². The molecule has 378 valence electrons. The fourth-order valence-electron chi connectivity index (χ4n) is 10.6. The van der Waals surface area contributed by atoms with Gasteiger partial charge in [-0.05, 0) is 133 Å². The zero-order valence-corrected chi connectivity index (χ0v) is 42.5. The normalized spacial score (nSPS) is 11.9. The van der Waals surface area contributed by atoms with Gasteiger partial charge in [0.05, 0.1) is 56.2 Å².